The predicted molar refractivity (Wildman–Crippen MR) is 105 cm³/mol. The molecule has 0 saturated heterocycles. The Bertz CT molecular complexity index is 1050. The van der Waals surface area contributed by atoms with E-state index >= 15 is 0 Å². The van der Waals surface area contributed by atoms with Gasteiger partial charge in [0.25, 0.3) is 0 Å². The van der Waals surface area contributed by atoms with E-state index in [-0.39, 0.29) is 0 Å². The molecule has 0 saturated carbocycles. The Kier molecular flexibility index (Phi) is 5.01. The third kappa shape index (κ3) is 4.07. The first-order valence-corrected chi connectivity index (χ1v) is 10.5. The van der Waals surface area contributed by atoms with E-state index < -0.39 is 6.95 Å². The molecule has 0 atom stereocenters. The first-order valence-electron chi connectivity index (χ1n) is 8.10. The van der Waals surface area contributed by atoms with Gasteiger partial charge >= 0.3 is 6.95 Å². The number of benzene rings is 4. The SMILES string of the molecule is O=P(Cl)(OOc1cccc2ccccc12)OOc1cccc2ccccc12. The molecule has 0 N–H and O–H groups in total. The quantitative estimate of drug-likeness (QED) is 0.206. The van der Waals surface area contributed by atoms with Crippen LogP contribution in [0.5, 0.6) is 11.5 Å². The minimum atomic E-state index is -4.15. The van der Waals surface area contributed by atoms with Crippen molar-refractivity contribution in [3.05, 3.63) is 84.9 Å². The summed E-state index contributed by atoms with van der Waals surface area (Å²) < 4.78 is 22.0. The Morgan fingerprint density at radius 1 is 0.593 bits per heavy atom. The van der Waals surface area contributed by atoms with E-state index in [4.69, 9.17) is 30.4 Å². The van der Waals surface area contributed by atoms with E-state index in [2.05, 4.69) is 0 Å². The Balaban J connectivity index is 1.46. The maximum atomic E-state index is 12.3. The molecule has 27 heavy (non-hydrogen) atoms. The smallest absolute Gasteiger partial charge is 0.327 e. The highest BCUT2D eigenvalue weighted by atomic mass is 35.7. The lowest BCUT2D eigenvalue weighted by Gasteiger charge is -2.12. The second-order valence-corrected chi connectivity index (χ2v) is 8.10. The summed E-state index contributed by atoms with van der Waals surface area (Å²) in [6, 6.07) is 25.8. The van der Waals surface area contributed by atoms with Crippen LogP contribution in [-0.2, 0) is 13.9 Å². The van der Waals surface area contributed by atoms with E-state index in [1.54, 1.807) is 24.3 Å². The van der Waals surface area contributed by atoms with Crippen LogP contribution in [0.4, 0.5) is 0 Å². The molecule has 0 aromatic heterocycles. The van der Waals surface area contributed by atoms with Crippen molar-refractivity contribution in [3.63, 3.8) is 0 Å². The Morgan fingerprint density at radius 2 is 1.00 bits per heavy atom. The molecule has 136 valence electrons. The van der Waals surface area contributed by atoms with Gasteiger partial charge in [0.1, 0.15) is 0 Å². The van der Waals surface area contributed by atoms with Crippen molar-refractivity contribution < 1.29 is 23.7 Å². The number of rotatable bonds is 6. The molecule has 7 heteroatoms. The van der Waals surface area contributed by atoms with Gasteiger partial charge in [0.15, 0.2) is 11.5 Å². The van der Waals surface area contributed by atoms with Crippen LogP contribution < -0.4 is 9.78 Å². The number of halogens is 1. The van der Waals surface area contributed by atoms with Crippen molar-refractivity contribution in [2.24, 2.45) is 0 Å². The van der Waals surface area contributed by atoms with Crippen molar-refractivity contribution >= 4 is 39.7 Å². The van der Waals surface area contributed by atoms with Gasteiger partial charge in [-0.25, -0.2) is 4.57 Å². The second kappa shape index (κ2) is 7.59. The highest BCUT2D eigenvalue weighted by Crippen LogP contribution is 2.54. The van der Waals surface area contributed by atoms with Gasteiger partial charge in [0.05, 0.1) is 0 Å². The molecular weight excluding hydrogens is 387 g/mol. The molecule has 0 bridgehead atoms. The fraction of sp³-hybridized carbons (Fsp3) is 0. The molecular formula is C20H14ClO5P. The largest absolute Gasteiger partial charge is 0.495 e. The van der Waals surface area contributed by atoms with E-state index in [0.29, 0.717) is 11.5 Å². The summed E-state index contributed by atoms with van der Waals surface area (Å²) in [5.41, 5.74) is 0. The topological polar surface area (TPSA) is 54.0 Å². The fourth-order valence-electron chi connectivity index (χ4n) is 2.72. The average molecular weight is 401 g/mol. The molecule has 0 heterocycles. The standard InChI is InChI=1S/C20H14ClO5P/c21-27(22,25-23-19-13-5-9-15-7-1-3-11-17(15)19)26-24-20-14-6-10-16-8-2-4-12-18(16)20/h1-14H. The molecule has 0 fully saturated rings. The maximum Gasteiger partial charge on any atom is 0.495 e. The van der Waals surface area contributed by atoms with Crippen LogP contribution in [0.3, 0.4) is 0 Å². The van der Waals surface area contributed by atoms with Gasteiger partial charge in [-0.15, -0.1) is 0 Å². The number of hydrogen-bond donors (Lipinski definition) is 0. The Labute approximate surface area is 160 Å². The summed E-state index contributed by atoms with van der Waals surface area (Å²) in [6.07, 6.45) is 0. The van der Waals surface area contributed by atoms with Crippen LogP contribution in [0.15, 0.2) is 84.9 Å². The summed E-state index contributed by atoms with van der Waals surface area (Å²) in [6.45, 7) is -4.15. The minimum Gasteiger partial charge on any atom is -0.327 e. The molecule has 0 unspecified atom stereocenters. The van der Waals surface area contributed by atoms with Crippen molar-refractivity contribution in [2.75, 3.05) is 0 Å². The third-order valence-corrected chi connectivity index (χ3v) is 4.77. The predicted octanol–water partition coefficient (Wildman–Crippen LogP) is 6.66. The van der Waals surface area contributed by atoms with E-state index in [0.717, 1.165) is 21.5 Å². The van der Waals surface area contributed by atoms with E-state index in [1.165, 1.54) is 0 Å². The molecule has 0 aliphatic rings. The van der Waals surface area contributed by atoms with E-state index in [1.807, 2.05) is 60.7 Å². The molecule has 0 aliphatic carbocycles. The van der Waals surface area contributed by atoms with Gasteiger partial charge in [0.2, 0.25) is 0 Å². The van der Waals surface area contributed by atoms with Gasteiger partial charge in [-0.1, -0.05) is 82.1 Å². The monoisotopic (exact) mass is 400 g/mol. The molecule has 0 amide bonds. The molecule has 4 aromatic rings. The van der Waals surface area contributed by atoms with Crippen molar-refractivity contribution in [1.82, 2.24) is 0 Å². The van der Waals surface area contributed by atoms with Crippen LogP contribution in [0.1, 0.15) is 0 Å². The summed E-state index contributed by atoms with van der Waals surface area (Å²) >= 11 is 5.80. The fourth-order valence-corrected chi connectivity index (χ4v) is 3.25. The zero-order valence-corrected chi connectivity index (χ0v) is 15.6. The highest BCUT2D eigenvalue weighted by Gasteiger charge is 2.27. The van der Waals surface area contributed by atoms with Crippen LogP contribution >= 0.6 is 18.2 Å². The van der Waals surface area contributed by atoms with E-state index in [9.17, 15) is 4.57 Å². The zero-order valence-electron chi connectivity index (χ0n) is 13.9. The molecule has 0 aliphatic heterocycles. The van der Waals surface area contributed by atoms with Crippen LogP contribution in [-0.4, -0.2) is 0 Å². The third-order valence-electron chi connectivity index (χ3n) is 3.93. The lowest BCUT2D eigenvalue weighted by atomic mass is 10.1. The van der Waals surface area contributed by atoms with Gasteiger partial charge in [-0.2, -0.15) is 0 Å². The van der Waals surface area contributed by atoms with Crippen molar-refractivity contribution in [1.29, 1.82) is 0 Å². The molecule has 4 aromatic carbocycles. The minimum absolute atomic E-state index is 0.364. The second-order valence-electron chi connectivity index (χ2n) is 5.70. The number of fused-ring (bicyclic) bond motifs is 2. The first-order chi connectivity index (χ1) is 13.1. The van der Waals surface area contributed by atoms with Gasteiger partial charge in [-0.05, 0) is 22.9 Å². The van der Waals surface area contributed by atoms with Gasteiger partial charge in [0, 0.05) is 22.0 Å². The lowest BCUT2D eigenvalue weighted by molar-refractivity contribution is -0.163. The zero-order chi connectivity index (χ0) is 18.7. The first kappa shape index (κ1) is 17.8. The lowest BCUT2D eigenvalue weighted by Crippen LogP contribution is -1.99. The molecule has 0 spiro atoms. The van der Waals surface area contributed by atoms with Gasteiger partial charge < -0.3 is 9.78 Å². The highest BCUT2D eigenvalue weighted by molar-refractivity contribution is 7.81. The number of hydrogen-bond acceptors (Lipinski definition) is 5. The Morgan fingerprint density at radius 3 is 1.48 bits per heavy atom. The van der Waals surface area contributed by atoms with Crippen LogP contribution in [0, 0.1) is 0 Å². The normalized spacial score (nSPS) is 11.6. The molecule has 5 nitrogen and oxygen atoms in total. The summed E-state index contributed by atoms with van der Waals surface area (Å²) in [7, 11) is 0. The molecule has 4 rings (SSSR count). The van der Waals surface area contributed by atoms with Crippen molar-refractivity contribution in [2.45, 2.75) is 0 Å². The summed E-state index contributed by atoms with van der Waals surface area (Å²) in [5, 5.41) is 3.45. The summed E-state index contributed by atoms with van der Waals surface area (Å²) in [5.74, 6) is 0.727. The Hall–Kier alpha value is -2.56. The van der Waals surface area contributed by atoms with Crippen molar-refractivity contribution in [3.8, 4) is 11.5 Å². The average Bonchev–Trinajstić information content (AvgIpc) is 2.71. The maximum absolute atomic E-state index is 12.3. The van der Waals surface area contributed by atoms with Crippen LogP contribution in [0.2, 0.25) is 0 Å². The molecule has 0 radical (unpaired) electrons. The van der Waals surface area contributed by atoms with Crippen LogP contribution in [0.25, 0.3) is 21.5 Å². The summed E-state index contributed by atoms with van der Waals surface area (Å²) in [4.78, 5) is 10.3. The van der Waals surface area contributed by atoms with Gasteiger partial charge in [-0.3, -0.25) is 0 Å².